The number of cyclic esters (lactones) is 1. The van der Waals surface area contributed by atoms with E-state index in [1.807, 2.05) is 32.0 Å². The van der Waals surface area contributed by atoms with Crippen LogP contribution in [0.4, 0.5) is 0 Å². The number of rotatable bonds is 1. The highest BCUT2D eigenvalue weighted by Gasteiger charge is 2.42. The molecule has 3 rings (SSSR count). The smallest absolute Gasteiger partial charge is 0.309 e. The molecule has 0 spiro atoms. The lowest BCUT2D eigenvalue weighted by atomic mass is 9.73. The Morgan fingerprint density at radius 2 is 1.83 bits per heavy atom. The van der Waals surface area contributed by atoms with Crippen molar-refractivity contribution in [3.63, 3.8) is 0 Å². The standard InChI is InChI=1S/C28H39NO6/c1-16-8-7-9-17(2)26(32)18(3)27(33)28(5,6)24(30)15-25(31)35-22(12-10-16)20-11-13-23-21(14-20)29-19(4)34-23/h10-11,13-14,17-18,22,24,26,30,32H,7-9,12,15H2,1-6H3/b16-10+/t17-,18+,22-,24-,26-/m0/s1. The number of carbonyl (C=O) groups is 2. The van der Waals surface area contributed by atoms with Gasteiger partial charge in [-0.25, -0.2) is 4.98 Å². The third-order valence-corrected chi connectivity index (χ3v) is 7.41. The second-order valence-corrected chi connectivity index (χ2v) is 10.7. The Hall–Kier alpha value is -2.51. The highest BCUT2D eigenvalue weighted by Crippen LogP contribution is 2.33. The molecule has 0 bridgehead atoms. The van der Waals surface area contributed by atoms with E-state index in [0.29, 0.717) is 23.4 Å². The topological polar surface area (TPSA) is 110 Å². The van der Waals surface area contributed by atoms with Crippen molar-refractivity contribution in [3.05, 3.63) is 41.3 Å². The second kappa shape index (κ2) is 11.0. The van der Waals surface area contributed by atoms with Crippen molar-refractivity contribution in [2.24, 2.45) is 17.3 Å². The van der Waals surface area contributed by atoms with E-state index in [1.54, 1.807) is 27.7 Å². The van der Waals surface area contributed by atoms with Gasteiger partial charge in [-0.3, -0.25) is 9.59 Å². The Morgan fingerprint density at radius 1 is 1.11 bits per heavy atom. The highest BCUT2D eigenvalue weighted by atomic mass is 16.5. The van der Waals surface area contributed by atoms with Crippen LogP contribution in [0.2, 0.25) is 0 Å². The summed E-state index contributed by atoms with van der Waals surface area (Å²) in [6.45, 7) is 10.7. The summed E-state index contributed by atoms with van der Waals surface area (Å²) in [4.78, 5) is 30.5. The Kier molecular flexibility index (Phi) is 8.54. The molecule has 192 valence electrons. The molecule has 0 saturated carbocycles. The van der Waals surface area contributed by atoms with Crippen LogP contribution in [0, 0.1) is 24.2 Å². The molecule has 2 aromatic rings. The van der Waals surface area contributed by atoms with E-state index >= 15 is 0 Å². The van der Waals surface area contributed by atoms with E-state index < -0.39 is 35.6 Å². The lowest BCUT2D eigenvalue weighted by Gasteiger charge is -2.34. The maximum Gasteiger partial charge on any atom is 0.309 e. The number of hydrogen-bond donors (Lipinski definition) is 2. The van der Waals surface area contributed by atoms with Crippen LogP contribution >= 0.6 is 0 Å². The first-order chi connectivity index (χ1) is 16.4. The first-order valence-corrected chi connectivity index (χ1v) is 12.5. The number of oxazole rings is 1. The number of fused-ring (bicyclic) bond motifs is 1. The number of aryl methyl sites for hydroxylation is 1. The molecule has 2 heterocycles. The van der Waals surface area contributed by atoms with Gasteiger partial charge in [0.2, 0.25) is 0 Å². The molecule has 0 fully saturated rings. The monoisotopic (exact) mass is 485 g/mol. The lowest BCUT2D eigenvalue weighted by Crippen LogP contribution is -2.45. The average molecular weight is 486 g/mol. The number of esters is 1. The molecule has 1 aromatic carbocycles. The predicted molar refractivity (Wildman–Crippen MR) is 134 cm³/mol. The minimum atomic E-state index is -1.24. The van der Waals surface area contributed by atoms with Crippen molar-refractivity contribution >= 4 is 22.9 Å². The molecule has 1 aromatic heterocycles. The number of aliphatic hydroxyl groups excluding tert-OH is 2. The van der Waals surface area contributed by atoms with Gasteiger partial charge in [0.25, 0.3) is 0 Å². The minimum absolute atomic E-state index is 0.0574. The molecule has 1 aliphatic rings. The summed E-state index contributed by atoms with van der Waals surface area (Å²) in [5.41, 5.74) is 2.11. The number of ketones is 1. The SMILES string of the molecule is C/C1=C\C[C@@H](c2ccc3oc(C)nc3c2)OC(=O)C[C@H](O)C(C)(C)C(=O)[C@H](C)[C@@H](O)[C@@H](C)CCC1. The van der Waals surface area contributed by atoms with E-state index in [4.69, 9.17) is 9.15 Å². The number of allylic oxidation sites excluding steroid dienone is 1. The van der Waals surface area contributed by atoms with Gasteiger partial charge in [0.15, 0.2) is 11.5 Å². The fourth-order valence-electron chi connectivity index (χ4n) is 4.81. The second-order valence-electron chi connectivity index (χ2n) is 10.7. The number of benzene rings is 1. The van der Waals surface area contributed by atoms with Crippen molar-refractivity contribution in [1.82, 2.24) is 4.98 Å². The van der Waals surface area contributed by atoms with Gasteiger partial charge in [0.05, 0.1) is 24.0 Å². The van der Waals surface area contributed by atoms with Gasteiger partial charge in [-0.05, 0) is 49.8 Å². The normalized spacial score (nSPS) is 31.1. The molecule has 0 unspecified atom stereocenters. The summed E-state index contributed by atoms with van der Waals surface area (Å²) in [5.74, 6) is -0.992. The van der Waals surface area contributed by atoms with E-state index in [2.05, 4.69) is 11.1 Å². The van der Waals surface area contributed by atoms with Crippen LogP contribution in [-0.2, 0) is 14.3 Å². The van der Waals surface area contributed by atoms with Crippen LogP contribution in [0.25, 0.3) is 11.1 Å². The molecule has 0 aliphatic carbocycles. The molecule has 5 atom stereocenters. The molecule has 0 amide bonds. The third kappa shape index (κ3) is 6.39. The van der Waals surface area contributed by atoms with Gasteiger partial charge in [0, 0.05) is 19.3 Å². The summed E-state index contributed by atoms with van der Waals surface area (Å²) in [7, 11) is 0. The largest absolute Gasteiger partial charge is 0.457 e. The van der Waals surface area contributed by atoms with Crippen molar-refractivity contribution in [3.8, 4) is 0 Å². The van der Waals surface area contributed by atoms with Crippen LogP contribution in [-0.4, -0.2) is 39.2 Å². The molecule has 2 N–H and O–H groups in total. The number of Topliss-reactive ketones (excluding diaryl/α,β-unsaturated/α-hetero) is 1. The highest BCUT2D eigenvalue weighted by molar-refractivity contribution is 5.88. The zero-order chi connectivity index (χ0) is 25.9. The summed E-state index contributed by atoms with van der Waals surface area (Å²) in [6.07, 6.45) is 2.15. The Morgan fingerprint density at radius 3 is 2.54 bits per heavy atom. The van der Waals surface area contributed by atoms with Gasteiger partial charge < -0.3 is 19.4 Å². The third-order valence-electron chi connectivity index (χ3n) is 7.41. The fraction of sp³-hybridized carbons (Fsp3) is 0.607. The summed E-state index contributed by atoms with van der Waals surface area (Å²) < 4.78 is 11.4. The number of carbonyl (C=O) groups excluding carboxylic acids is 2. The number of aliphatic hydroxyl groups is 2. The number of hydrogen-bond acceptors (Lipinski definition) is 7. The van der Waals surface area contributed by atoms with Crippen LogP contribution in [0.5, 0.6) is 0 Å². The van der Waals surface area contributed by atoms with Crippen molar-refractivity contribution < 1.29 is 29.0 Å². The van der Waals surface area contributed by atoms with Gasteiger partial charge >= 0.3 is 5.97 Å². The molecule has 0 radical (unpaired) electrons. The quantitative estimate of drug-likeness (QED) is 0.421. The predicted octanol–water partition coefficient (Wildman–Crippen LogP) is 5.22. The molecule has 7 nitrogen and oxygen atoms in total. The Bertz CT molecular complexity index is 1080. The zero-order valence-electron chi connectivity index (χ0n) is 21.7. The summed E-state index contributed by atoms with van der Waals surface area (Å²) in [5, 5.41) is 21.6. The molecular formula is C28H39NO6. The van der Waals surface area contributed by atoms with E-state index in [9.17, 15) is 19.8 Å². The van der Waals surface area contributed by atoms with Gasteiger partial charge in [-0.1, -0.05) is 45.4 Å². The maximum absolute atomic E-state index is 13.2. The summed E-state index contributed by atoms with van der Waals surface area (Å²) >= 11 is 0. The van der Waals surface area contributed by atoms with Crippen molar-refractivity contribution in [1.29, 1.82) is 0 Å². The molecule has 35 heavy (non-hydrogen) atoms. The molecule has 7 heteroatoms. The lowest BCUT2D eigenvalue weighted by molar-refractivity contribution is -0.155. The minimum Gasteiger partial charge on any atom is -0.457 e. The van der Waals surface area contributed by atoms with Crippen molar-refractivity contribution in [2.45, 2.75) is 92.0 Å². The zero-order valence-corrected chi connectivity index (χ0v) is 21.7. The first kappa shape index (κ1) is 27.1. The van der Waals surface area contributed by atoms with Crippen molar-refractivity contribution in [2.75, 3.05) is 0 Å². The maximum atomic E-state index is 13.2. The Balaban J connectivity index is 1.91. The molecule has 1 aliphatic heterocycles. The number of nitrogens with zero attached hydrogens (tertiary/aromatic N) is 1. The van der Waals surface area contributed by atoms with E-state index in [-0.39, 0.29) is 18.1 Å². The Labute approximate surface area is 207 Å². The number of aromatic nitrogens is 1. The first-order valence-electron chi connectivity index (χ1n) is 12.5. The van der Waals surface area contributed by atoms with E-state index in [0.717, 1.165) is 24.8 Å². The van der Waals surface area contributed by atoms with Crippen LogP contribution in [0.1, 0.15) is 84.3 Å². The fourth-order valence-corrected chi connectivity index (χ4v) is 4.81. The van der Waals surface area contributed by atoms with Crippen LogP contribution in [0.3, 0.4) is 0 Å². The number of ether oxygens (including phenoxy) is 1. The molecule has 0 saturated heterocycles. The van der Waals surface area contributed by atoms with Gasteiger partial charge in [0.1, 0.15) is 17.4 Å². The summed E-state index contributed by atoms with van der Waals surface area (Å²) in [6, 6.07) is 5.54. The van der Waals surface area contributed by atoms with Crippen LogP contribution in [0.15, 0.2) is 34.3 Å². The van der Waals surface area contributed by atoms with Gasteiger partial charge in [-0.15, -0.1) is 0 Å². The molecular weight excluding hydrogens is 446 g/mol. The van der Waals surface area contributed by atoms with E-state index in [1.165, 1.54) is 5.57 Å². The average Bonchev–Trinajstić information content (AvgIpc) is 3.18. The van der Waals surface area contributed by atoms with Gasteiger partial charge in [-0.2, -0.15) is 0 Å². The van der Waals surface area contributed by atoms with Crippen LogP contribution < -0.4 is 0 Å².